The minimum Gasteiger partial charge on any atom is -0.394 e. The number of benzene rings is 1. The van der Waals surface area contributed by atoms with Gasteiger partial charge in [0, 0.05) is 67.6 Å². The second kappa shape index (κ2) is 13.0. The number of fused-ring (bicyclic) bond motifs is 2. The number of hydrogen-bond acceptors (Lipinski definition) is 9. The largest absolute Gasteiger partial charge is 0.394 e. The number of piperidine rings is 1. The van der Waals surface area contributed by atoms with Crippen molar-refractivity contribution in [3.63, 3.8) is 0 Å². The van der Waals surface area contributed by atoms with Crippen molar-refractivity contribution in [3.05, 3.63) is 52.3 Å². The lowest BCUT2D eigenvalue weighted by atomic mass is 10.0. The van der Waals surface area contributed by atoms with Gasteiger partial charge in [0.25, 0.3) is 0 Å². The Morgan fingerprint density at radius 1 is 1.11 bits per heavy atom. The van der Waals surface area contributed by atoms with Crippen molar-refractivity contribution in [1.82, 2.24) is 24.3 Å². The Morgan fingerprint density at radius 2 is 1.93 bits per heavy atom. The van der Waals surface area contributed by atoms with E-state index in [0.29, 0.717) is 41.4 Å². The summed E-state index contributed by atoms with van der Waals surface area (Å²) >= 11 is 1.06. The first kappa shape index (κ1) is 30.7. The number of alkyl halides is 3. The third-order valence-electron chi connectivity index (χ3n) is 8.73. The Morgan fingerprint density at radius 3 is 2.68 bits per heavy atom. The molecule has 2 fully saturated rings. The van der Waals surface area contributed by atoms with Crippen molar-refractivity contribution >= 4 is 38.3 Å². The van der Waals surface area contributed by atoms with Crippen LogP contribution in [0.4, 0.5) is 19.0 Å². The first-order valence-corrected chi connectivity index (χ1v) is 15.8. The van der Waals surface area contributed by atoms with E-state index in [0.717, 1.165) is 67.8 Å². The number of ether oxygens (including phenoxy) is 1. The predicted octanol–water partition coefficient (Wildman–Crippen LogP) is 4.70. The molecule has 2 N–H and O–H groups in total. The van der Waals surface area contributed by atoms with Gasteiger partial charge in [-0.3, -0.25) is 9.80 Å². The molecule has 3 aromatic heterocycles. The topological polar surface area (TPSA) is 102 Å². The summed E-state index contributed by atoms with van der Waals surface area (Å²) in [4.78, 5) is 14.0. The zero-order valence-electron chi connectivity index (χ0n) is 24.6. The molecule has 0 aliphatic carbocycles. The van der Waals surface area contributed by atoms with E-state index >= 15 is 0 Å². The summed E-state index contributed by atoms with van der Waals surface area (Å²) < 4.78 is 46.4. The van der Waals surface area contributed by atoms with Gasteiger partial charge in [0.2, 0.25) is 0 Å². The summed E-state index contributed by atoms with van der Waals surface area (Å²) in [6, 6.07) is 10.4. The van der Waals surface area contributed by atoms with Gasteiger partial charge in [-0.25, -0.2) is 9.97 Å². The average Bonchev–Trinajstić information content (AvgIpc) is 3.59. The fourth-order valence-corrected chi connectivity index (χ4v) is 7.36. The number of halogens is 3. The molecule has 234 valence electrons. The monoisotopic (exact) mass is 627 g/mol. The molecule has 1 atom stereocenters. The van der Waals surface area contributed by atoms with Crippen LogP contribution < -0.4 is 5.32 Å². The van der Waals surface area contributed by atoms with Gasteiger partial charge in [0.05, 0.1) is 31.1 Å². The lowest BCUT2D eigenvalue weighted by Gasteiger charge is -2.33. The van der Waals surface area contributed by atoms with Crippen molar-refractivity contribution in [2.75, 3.05) is 51.3 Å². The summed E-state index contributed by atoms with van der Waals surface area (Å²) in [7, 11) is 0. The molecular weight excluding hydrogens is 591 g/mol. The van der Waals surface area contributed by atoms with Crippen molar-refractivity contribution < 1.29 is 23.0 Å². The van der Waals surface area contributed by atoms with Gasteiger partial charge < -0.3 is 19.7 Å². The number of likely N-dealkylation sites (tertiary alicyclic amines) is 1. The van der Waals surface area contributed by atoms with E-state index in [1.165, 1.54) is 17.5 Å². The highest BCUT2D eigenvalue weighted by atomic mass is 32.1. The molecule has 1 aromatic carbocycles. The molecule has 0 bridgehead atoms. The number of nitrogens with one attached hydrogen (secondary N) is 1. The first-order chi connectivity index (χ1) is 21.2. The van der Waals surface area contributed by atoms with Gasteiger partial charge in [-0.05, 0) is 49.1 Å². The van der Waals surface area contributed by atoms with Crippen LogP contribution in [0.15, 0.2) is 30.6 Å². The quantitative estimate of drug-likeness (QED) is 0.276. The number of morpholine rings is 1. The highest BCUT2D eigenvalue weighted by molar-refractivity contribution is 7.18. The molecule has 0 radical (unpaired) electrons. The maximum absolute atomic E-state index is 12.9. The van der Waals surface area contributed by atoms with Crippen LogP contribution in [-0.4, -0.2) is 93.7 Å². The lowest BCUT2D eigenvalue weighted by Crippen LogP contribution is -2.45. The summed E-state index contributed by atoms with van der Waals surface area (Å²) in [5.74, 6) is 0.596. The molecule has 4 aromatic rings. The Bertz CT molecular complexity index is 1660. The first-order valence-electron chi connectivity index (χ1n) is 15.0. The number of aliphatic hydroxyl groups excluding tert-OH is 1. The van der Waals surface area contributed by atoms with Gasteiger partial charge in [-0.1, -0.05) is 6.07 Å². The van der Waals surface area contributed by atoms with Gasteiger partial charge in [0.1, 0.15) is 28.7 Å². The molecule has 6 rings (SSSR count). The van der Waals surface area contributed by atoms with E-state index in [4.69, 9.17) is 4.74 Å². The van der Waals surface area contributed by atoms with Crippen LogP contribution in [0.1, 0.15) is 34.5 Å². The summed E-state index contributed by atoms with van der Waals surface area (Å²) in [6.45, 7) is 8.28. The van der Waals surface area contributed by atoms with Crippen molar-refractivity contribution in [3.8, 4) is 6.07 Å². The van der Waals surface area contributed by atoms with Crippen LogP contribution in [0.2, 0.25) is 0 Å². The van der Waals surface area contributed by atoms with Gasteiger partial charge >= 0.3 is 6.18 Å². The number of thiophene rings is 1. The van der Waals surface area contributed by atoms with Crippen LogP contribution >= 0.6 is 11.3 Å². The van der Waals surface area contributed by atoms with Gasteiger partial charge in [0.15, 0.2) is 0 Å². The highest BCUT2D eigenvalue weighted by Crippen LogP contribution is 2.33. The molecule has 0 amide bonds. The molecule has 5 heterocycles. The van der Waals surface area contributed by atoms with Crippen LogP contribution in [0.25, 0.3) is 21.1 Å². The molecule has 2 saturated heterocycles. The van der Waals surface area contributed by atoms with Crippen molar-refractivity contribution in [1.29, 1.82) is 5.26 Å². The zero-order chi connectivity index (χ0) is 30.8. The highest BCUT2D eigenvalue weighted by Gasteiger charge is 2.29. The molecule has 0 spiro atoms. The van der Waals surface area contributed by atoms with E-state index < -0.39 is 12.6 Å². The second-order valence-corrected chi connectivity index (χ2v) is 12.8. The molecule has 44 heavy (non-hydrogen) atoms. The fourth-order valence-electron chi connectivity index (χ4n) is 6.34. The van der Waals surface area contributed by atoms with Crippen LogP contribution in [0, 0.1) is 18.3 Å². The van der Waals surface area contributed by atoms with E-state index in [-0.39, 0.29) is 23.6 Å². The zero-order valence-corrected chi connectivity index (χ0v) is 25.4. The number of nitrogens with zero attached hydrogens (tertiary/aromatic N) is 6. The van der Waals surface area contributed by atoms with Crippen molar-refractivity contribution in [2.24, 2.45) is 0 Å². The number of aryl methyl sites for hydroxylation is 1. The number of hydrogen-bond donors (Lipinski definition) is 2. The number of anilines is 1. The normalized spacial score (nSPS) is 19.1. The number of aliphatic hydroxyl groups is 1. The standard InChI is InChI=1S/C31H36F3N7O2S/c1-20-21(2-3-28-26(20)12-23(15-35)41(28)9-8-40-10-11-43-24(17-40)18-42)16-39-6-4-22(5-7-39)38-29-27-13-25(14-31(32,33)34)44-30(27)37-19-36-29/h2-3,12-13,19,22,24,42H,4-11,14,16-18H2,1H3,(H,36,37,38). The third kappa shape index (κ3) is 6.84. The predicted molar refractivity (Wildman–Crippen MR) is 164 cm³/mol. The van der Waals surface area contributed by atoms with Crippen LogP contribution in [0.5, 0.6) is 0 Å². The Kier molecular flexibility index (Phi) is 9.07. The SMILES string of the molecule is Cc1c(CN2CCC(Nc3ncnc4sc(CC(F)(F)F)cc34)CC2)ccc2c1cc(C#N)n2CCN1CCOC(CO)C1. The summed E-state index contributed by atoms with van der Waals surface area (Å²) in [6.07, 6.45) is -2.18. The smallest absolute Gasteiger partial charge is 0.393 e. The molecule has 2 aliphatic heterocycles. The molecule has 0 saturated carbocycles. The third-order valence-corrected chi connectivity index (χ3v) is 9.77. The second-order valence-electron chi connectivity index (χ2n) is 11.7. The Balaban J connectivity index is 1.08. The number of nitriles is 1. The fraction of sp³-hybridized carbons (Fsp3) is 0.516. The van der Waals surface area contributed by atoms with Gasteiger partial charge in [-0.15, -0.1) is 11.3 Å². The number of rotatable bonds is 9. The van der Waals surface area contributed by atoms with Crippen molar-refractivity contribution in [2.45, 2.75) is 57.6 Å². The number of aromatic nitrogens is 3. The maximum Gasteiger partial charge on any atom is 0.393 e. The molecule has 2 aliphatic rings. The van der Waals surface area contributed by atoms with Crippen LogP contribution in [0.3, 0.4) is 0 Å². The summed E-state index contributed by atoms with van der Waals surface area (Å²) in [5, 5.41) is 24.6. The van der Waals surface area contributed by atoms with Crippen LogP contribution in [-0.2, 0) is 24.2 Å². The average molecular weight is 628 g/mol. The summed E-state index contributed by atoms with van der Waals surface area (Å²) in [5.41, 5.74) is 4.12. The Labute approximate surface area is 257 Å². The van der Waals surface area contributed by atoms with E-state index in [9.17, 15) is 23.5 Å². The van der Waals surface area contributed by atoms with E-state index in [1.54, 1.807) is 6.07 Å². The maximum atomic E-state index is 12.9. The lowest BCUT2D eigenvalue weighted by molar-refractivity contribution is -0.126. The molecule has 9 nitrogen and oxygen atoms in total. The minimum absolute atomic E-state index is 0.0121. The van der Waals surface area contributed by atoms with Gasteiger partial charge in [-0.2, -0.15) is 18.4 Å². The molecule has 13 heteroatoms. The van der Waals surface area contributed by atoms with E-state index in [1.807, 2.05) is 6.07 Å². The minimum atomic E-state index is -4.26. The van der Waals surface area contributed by atoms with E-state index in [2.05, 4.69) is 54.8 Å². The molecular formula is C31H36F3N7O2S. The Hall–Kier alpha value is -3.28. The molecule has 1 unspecified atom stereocenters.